The van der Waals surface area contributed by atoms with Crippen LogP contribution < -0.4 is 0 Å². The summed E-state index contributed by atoms with van der Waals surface area (Å²) in [6.45, 7) is 1.61. The summed E-state index contributed by atoms with van der Waals surface area (Å²) >= 11 is 0. The molecular formula is C22H19NO3. The number of benzene rings is 2. The van der Waals surface area contributed by atoms with Crippen LogP contribution in [-0.4, -0.2) is 22.8 Å². The van der Waals surface area contributed by atoms with Crippen molar-refractivity contribution in [2.24, 2.45) is 0 Å². The number of Topliss-reactive ketones (excluding diaryl/α,β-unsaturated/α-hetero) is 1. The van der Waals surface area contributed by atoms with Crippen LogP contribution in [0.25, 0.3) is 10.9 Å². The molecule has 0 unspecified atom stereocenters. The van der Waals surface area contributed by atoms with E-state index in [-0.39, 0.29) is 11.5 Å². The van der Waals surface area contributed by atoms with E-state index >= 15 is 0 Å². The molecule has 4 heteroatoms. The first-order valence-corrected chi connectivity index (χ1v) is 8.84. The number of fused-ring (bicyclic) bond motifs is 2. The Balaban J connectivity index is 1.50. The molecule has 4 nitrogen and oxygen atoms in total. The molecule has 1 heterocycles. The largest absolute Gasteiger partial charge is 0.450 e. The van der Waals surface area contributed by atoms with Gasteiger partial charge in [-0.2, -0.15) is 0 Å². The maximum absolute atomic E-state index is 12.6. The van der Waals surface area contributed by atoms with Crippen LogP contribution in [0.15, 0.2) is 54.6 Å². The number of hydrogen-bond donors (Lipinski definition) is 0. The quantitative estimate of drug-likeness (QED) is 0.526. The fraction of sp³-hybridized carbons (Fsp3) is 0.227. The number of pyridine rings is 1. The number of para-hydroxylation sites is 1. The van der Waals surface area contributed by atoms with Gasteiger partial charge in [-0.15, -0.1) is 0 Å². The summed E-state index contributed by atoms with van der Waals surface area (Å²) in [6.07, 6.45) is 2.36. The first kappa shape index (κ1) is 16.5. The van der Waals surface area contributed by atoms with Crippen LogP contribution in [0.2, 0.25) is 0 Å². The van der Waals surface area contributed by atoms with Crippen molar-refractivity contribution in [1.82, 2.24) is 4.98 Å². The average Bonchev–Trinajstić information content (AvgIpc) is 3.14. The van der Waals surface area contributed by atoms with Crippen LogP contribution in [0.1, 0.15) is 45.3 Å². The number of ketones is 1. The van der Waals surface area contributed by atoms with Crippen molar-refractivity contribution in [3.63, 3.8) is 0 Å². The van der Waals surface area contributed by atoms with E-state index in [4.69, 9.17) is 4.74 Å². The molecule has 0 saturated carbocycles. The van der Waals surface area contributed by atoms with Gasteiger partial charge in [0.15, 0.2) is 6.10 Å². The Hall–Kier alpha value is -3.01. The Morgan fingerprint density at radius 1 is 1.00 bits per heavy atom. The molecule has 0 radical (unpaired) electrons. The zero-order valence-corrected chi connectivity index (χ0v) is 14.6. The third kappa shape index (κ3) is 3.10. The van der Waals surface area contributed by atoms with Gasteiger partial charge < -0.3 is 4.74 Å². The SMILES string of the molecule is C[C@H](OC(=O)c1ccc2ccccc2n1)C(=O)c1ccc2c(c1)CCC2. The lowest BCUT2D eigenvalue weighted by Gasteiger charge is -2.13. The minimum Gasteiger partial charge on any atom is -0.450 e. The lowest BCUT2D eigenvalue weighted by atomic mass is 10.0. The molecule has 3 aromatic rings. The molecule has 0 aliphatic heterocycles. The van der Waals surface area contributed by atoms with Crippen LogP contribution in [0.4, 0.5) is 0 Å². The minimum absolute atomic E-state index is 0.186. The molecule has 1 aliphatic rings. The number of ether oxygens (including phenoxy) is 1. The molecule has 0 fully saturated rings. The summed E-state index contributed by atoms with van der Waals surface area (Å²) < 4.78 is 5.37. The highest BCUT2D eigenvalue weighted by molar-refractivity contribution is 6.01. The molecule has 0 bridgehead atoms. The zero-order valence-electron chi connectivity index (χ0n) is 14.6. The summed E-state index contributed by atoms with van der Waals surface area (Å²) in [5.41, 5.74) is 4.06. The highest BCUT2D eigenvalue weighted by Crippen LogP contribution is 2.23. The van der Waals surface area contributed by atoms with Gasteiger partial charge in [0.1, 0.15) is 5.69 Å². The summed E-state index contributed by atoms with van der Waals surface area (Å²) in [6, 6.07) is 16.8. The first-order chi connectivity index (χ1) is 12.6. The van der Waals surface area contributed by atoms with E-state index in [0.717, 1.165) is 30.2 Å². The molecule has 130 valence electrons. The predicted octanol–water partition coefficient (Wildman–Crippen LogP) is 4.15. The fourth-order valence-electron chi connectivity index (χ4n) is 3.41. The van der Waals surface area contributed by atoms with E-state index in [2.05, 4.69) is 4.98 Å². The van der Waals surface area contributed by atoms with Gasteiger partial charge in [0.05, 0.1) is 5.52 Å². The Morgan fingerprint density at radius 2 is 1.81 bits per heavy atom. The average molecular weight is 345 g/mol. The Kier molecular flexibility index (Phi) is 4.25. The van der Waals surface area contributed by atoms with Crippen molar-refractivity contribution in [3.05, 3.63) is 77.0 Å². The molecule has 0 N–H and O–H groups in total. The molecule has 1 atom stereocenters. The Labute approximate surface area is 151 Å². The van der Waals surface area contributed by atoms with E-state index in [1.54, 1.807) is 13.0 Å². The van der Waals surface area contributed by atoms with Gasteiger partial charge in [-0.3, -0.25) is 4.79 Å². The standard InChI is InChI=1S/C22H19NO3/c1-14(21(24)18-10-9-15-6-4-7-17(15)13-18)26-22(25)20-12-11-16-5-2-3-8-19(16)23-20/h2-3,5,8-14H,4,6-7H2,1H3/t14-/m0/s1. The minimum atomic E-state index is -0.852. The maximum atomic E-state index is 12.6. The van der Waals surface area contributed by atoms with Crippen LogP contribution in [0, 0.1) is 0 Å². The number of esters is 1. The van der Waals surface area contributed by atoms with E-state index in [9.17, 15) is 9.59 Å². The highest BCUT2D eigenvalue weighted by atomic mass is 16.5. The molecule has 0 spiro atoms. The third-order valence-corrected chi connectivity index (χ3v) is 4.84. The van der Waals surface area contributed by atoms with Crippen molar-refractivity contribution in [3.8, 4) is 0 Å². The molecule has 0 saturated heterocycles. The zero-order chi connectivity index (χ0) is 18.1. The first-order valence-electron chi connectivity index (χ1n) is 8.84. The van der Waals surface area contributed by atoms with Gasteiger partial charge in [-0.05, 0) is 55.5 Å². The van der Waals surface area contributed by atoms with E-state index in [1.165, 1.54) is 11.1 Å². The second kappa shape index (κ2) is 6.71. The highest BCUT2D eigenvalue weighted by Gasteiger charge is 2.22. The summed E-state index contributed by atoms with van der Waals surface area (Å²) in [5.74, 6) is -0.772. The number of carbonyl (C=O) groups excluding carboxylic acids is 2. The molecule has 1 aromatic heterocycles. The molecular weight excluding hydrogens is 326 g/mol. The lowest BCUT2D eigenvalue weighted by molar-refractivity contribution is 0.0313. The monoisotopic (exact) mass is 345 g/mol. The van der Waals surface area contributed by atoms with Crippen LogP contribution in [0.3, 0.4) is 0 Å². The number of rotatable bonds is 4. The van der Waals surface area contributed by atoms with E-state index in [0.29, 0.717) is 5.56 Å². The van der Waals surface area contributed by atoms with Crippen LogP contribution >= 0.6 is 0 Å². The van der Waals surface area contributed by atoms with Crippen molar-refractivity contribution >= 4 is 22.7 Å². The normalized spacial score (nSPS) is 14.0. The van der Waals surface area contributed by atoms with Crippen molar-refractivity contribution < 1.29 is 14.3 Å². The number of hydrogen-bond acceptors (Lipinski definition) is 4. The summed E-state index contributed by atoms with van der Waals surface area (Å²) in [7, 11) is 0. The molecule has 1 aliphatic carbocycles. The third-order valence-electron chi connectivity index (χ3n) is 4.84. The number of aryl methyl sites for hydroxylation is 2. The molecule has 26 heavy (non-hydrogen) atoms. The summed E-state index contributed by atoms with van der Waals surface area (Å²) in [4.78, 5) is 29.3. The number of aromatic nitrogens is 1. The van der Waals surface area contributed by atoms with Gasteiger partial charge in [-0.25, -0.2) is 9.78 Å². The molecule has 4 rings (SSSR count). The summed E-state index contributed by atoms with van der Waals surface area (Å²) in [5, 5.41) is 0.950. The van der Waals surface area contributed by atoms with Crippen LogP contribution in [-0.2, 0) is 17.6 Å². The van der Waals surface area contributed by atoms with Crippen molar-refractivity contribution in [2.45, 2.75) is 32.3 Å². The van der Waals surface area contributed by atoms with Gasteiger partial charge in [-0.1, -0.05) is 36.4 Å². The van der Waals surface area contributed by atoms with Crippen molar-refractivity contribution in [1.29, 1.82) is 0 Å². The maximum Gasteiger partial charge on any atom is 0.357 e. The van der Waals surface area contributed by atoms with Gasteiger partial charge >= 0.3 is 5.97 Å². The second-order valence-corrected chi connectivity index (χ2v) is 6.64. The van der Waals surface area contributed by atoms with Crippen molar-refractivity contribution in [2.75, 3.05) is 0 Å². The lowest BCUT2D eigenvalue weighted by Crippen LogP contribution is -2.25. The smallest absolute Gasteiger partial charge is 0.357 e. The number of nitrogens with zero attached hydrogens (tertiary/aromatic N) is 1. The van der Waals surface area contributed by atoms with Crippen LogP contribution in [0.5, 0.6) is 0 Å². The van der Waals surface area contributed by atoms with Gasteiger partial charge in [0, 0.05) is 10.9 Å². The predicted molar refractivity (Wildman–Crippen MR) is 99.4 cm³/mol. The Morgan fingerprint density at radius 3 is 2.69 bits per heavy atom. The molecule has 2 aromatic carbocycles. The second-order valence-electron chi connectivity index (χ2n) is 6.64. The Bertz CT molecular complexity index is 1010. The topological polar surface area (TPSA) is 56.3 Å². The van der Waals surface area contributed by atoms with E-state index in [1.807, 2.05) is 48.5 Å². The fourth-order valence-corrected chi connectivity index (χ4v) is 3.41. The van der Waals surface area contributed by atoms with E-state index < -0.39 is 12.1 Å². The number of carbonyl (C=O) groups is 2. The molecule has 0 amide bonds. The van der Waals surface area contributed by atoms with Gasteiger partial charge in [0.25, 0.3) is 0 Å². The van der Waals surface area contributed by atoms with Gasteiger partial charge in [0.2, 0.25) is 5.78 Å².